The minimum Gasteiger partial charge on any atom is -0.354 e. The van der Waals surface area contributed by atoms with Crippen molar-refractivity contribution < 1.29 is 0 Å². The van der Waals surface area contributed by atoms with E-state index in [0.29, 0.717) is 0 Å². The number of nitrogens with zero attached hydrogens (tertiary/aromatic N) is 1. The van der Waals surface area contributed by atoms with E-state index in [-0.39, 0.29) is 21.7 Å². The lowest BCUT2D eigenvalue weighted by Gasteiger charge is -2.42. The van der Waals surface area contributed by atoms with Crippen molar-refractivity contribution in [3.63, 3.8) is 0 Å². The van der Waals surface area contributed by atoms with Crippen molar-refractivity contribution in [1.82, 2.24) is 4.57 Å². The molecule has 73 heavy (non-hydrogen) atoms. The fourth-order valence-electron chi connectivity index (χ4n) is 13.7. The molecule has 0 amide bonds. The molecule has 4 heterocycles. The Bertz CT molecular complexity index is 4380. The largest absolute Gasteiger partial charge is 0.354 e. The predicted octanol–water partition coefficient (Wildman–Crippen LogP) is 18.4. The van der Waals surface area contributed by atoms with E-state index in [0.717, 1.165) is 11.4 Å². The van der Waals surface area contributed by atoms with Crippen LogP contribution in [0.2, 0.25) is 0 Å². The van der Waals surface area contributed by atoms with Gasteiger partial charge in [0.1, 0.15) is 0 Å². The molecule has 3 aromatic heterocycles. The van der Waals surface area contributed by atoms with Crippen LogP contribution in [0.3, 0.4) is 0 Å². The molecule has 0 unspecified atom stereocenters. The second kappa shape index (κ2) is 15.0. The summed E-state index contributed by atoms with van der Waals surface area (Å²) in [5.74, 6) is 0. The summed E-state index contributed by atoms with van der Waals surface area (Å²) >= 11 is 3.91. The first-order valence-corrected chi connectivity index (χ1v) is 28.1. The third-order valence-electron chi connectivity index (χ3n) is 18.1. The van der Waals surface area contributed by atoms with Crippen LogP contribution in [-0.4, -0.2) is 11.8 Å². The molecule has 9 aromatic carbocycles. The van der Waals surface area contributed by atoms with E-state index in [2.05, 4.69) is 224 Å². The van der Waals surface area contributed by atoms with Gasteiger partial charge in [0.15, 0.2) is 7.28 Å². The van der Waals surface area contributed by atoms with Gasteiger partial charge >= 0.3 is 0 Å². The van der Waals surface area contributed by atoms with E-state index in [9.17, 15) is 0 Å². The van der Waals surface area contributed by atoms with Gasteiger partial charge < -0.3 is 9.88 Å². The molecule has 2 nitrogen and oxygen atoms in total. The molecular weight excluding hydrogens is 920 g/mol. The fraction of sp³-hybridized carbons (Fsp3) is 0.235. The van der Waals surface area contributed by atoms with Gasteiger partial charge in [-0.3, -0.25) is 0 Å². The topological polar surface area (TPSA) is 17.0 Å². The molecule has 1 radical (unpaired) electrons. The van der Waals surface area contributed by atoms with Gasteiger partial charge in [-0.05, 0) is 175 Å². The molecule has 0 bridgehead atoms. The molecule has 3 aliphatic rings. The van der Waals surface area contributed by atoms with Crippen LogP contribution in [0, 0.1) is 0 Å². The van der Waals surface area contributed by atoms with Crippen LogP contribution in [0.5, 0.6) is 0 Å². The number of para-hydroxylation sites is 1. The summed E-state index contributed by atoms with van der Waals surface area (Å²) in [6, 6.07) is 58.7. The van der Waals surface area contributed by atoms with Crippen LogP contribution >= 0.6 is 22.7 Å². The Hall–Kier alpha value is -6.66. The van der Waals surface area contributed by atoms with Gasteiger partial charge in [-0.15, -0.1) is 22.7 Å². The number of rotatable bonds is 4. The SMILES string of the molecule is CC1(C)CCC(C)(C)c2cc3c(cc21)sc1cccc(Nc2ccc4sc5cc6c(cc5c4c2-c2cc(-c4ccccc4)cc4c2[B]c2cccc5c7cc8ccccc8cc7n-4c25)C(C)(C)CCC6(C)C)c13. The summed E-state index contributed by atoms with van der Waals surface area (Å²) in [7, 11) is 2.50. The van der Waals surface area contributed by atoms with Crippen molar-refractivity contribution in [3.8, 4) is 27.9 Å². The van der Waals surface area contributed by atoms with Gasteiger partial charge in [-0.1, -0.05) is 140 Å². The van der Waals surface area contributed by atoms with Crippen molar-refractivity contribution in [2.24, 2.45) is 0 Å². The number of thiophene rings is 2. The standard InChI is InChI=1S/C68H58BN2S2/c1-65(2)26-28-67(5,6)49-36-58-44(34-47(49)65)60-52(22-15-23-56(60)72-58)70-53-24-25-57-62(45-35-48-50(37-59(45)73-57)68(7,8)29-27-66(48,3)4)61(53)46-31-41(38-16-10-9-11-17-38)33-55-63(46)69-51-21-14-20-42-43-30-39-18-12-13-19-40(39)32-54(43)71(55)64(42)51/h9-25,30-37,70H,26-29H2,1-8H3. The second-order valence-electron chi connectivity index (χ2n) is 24.5. The molecule has 0 atom stereocenters. The zero-order valence-electron chi connectivity index (χ0n) is 43.1. The molecule has 5 heteroatoms. The number of nitrogens with one attached hydrogen (secondary N) is 1. The van der Waals surface area contributed by atoms with Crippen LogP contribution in [0.15, 0.2) is 152 Å². The van der Waals surface area contributed by atoms with Crippen molar-refractivity contribution in [3.05, 3.63) is 174 Å². The van der Waals surface area contributed by atoms with Crippen molar-refractivity contribution in [2.45, 2.75) is 103 Å². The highest BCUT2D eigenvalue weighted by molar-refractivity contribution is 7.26. The average Bonchev–Trinajstić information content (AvgIpc) is 4.06. The first kappa shape index (κ1) is 43.9. The highest BCUT2D eigenvalue weighted by atomic mass is 32.1. The van der Waals surface area contributed by atoms with Crippen LogP contribution in [0.1, 0.15) is 103 Å². The fourth-order valence-corrected chi connectivity index (χ4v) is 16.0. The molecule has 0 saturated heterocycles. The molecule has 0 saturated carbocycles. The number of anilines is 2. The zero-order valence-corrected chi connectivity index (χ0v) is 44.7. The quantitative estimate of drug-likeness (QED) is 0.174. The minimum atomic E-state index is 0.0663. The van der Waals surface area contributed by atoms with Crippen molar-refractivity contribution in [1.29, 1.82) is 0 Å². The second-order valence-corrected chi connectivity index (χ2v) is 26.6. The van der Waals surface area contributed by atoms with E-state index in [1.165, 1.54) is 160 Å². The minimum absolute atomic E-state index is 0.0663. The first-order chi connectivity index (χ1) is 35.1. The summed E-state index contributed by atoms with van der Waals surface area (Å²) in [5.41, 5.74) is 19.9. The van der Waals surface area contributed by atoms with Gasteiger partial charge in [-0.2, -0.15) is 0 Å². The normalized spacial score (nSPS) is 17.1. The Morgan fingerprint density at radius 1 is 0.452 bits per heavy atom. The lowest BCUT2D eigenvalue weighted by molar-refractivity contribution is 0.332. The average molecular weight is 978 g/mol. The van der Waals surface area contributed by atoms with Gasteiger partial charge in [-0.25, -0.2) is 0 Å². The van der Waals surface area contributed by atoms with E-state index in [1.54, 1.807) is 0 Å². The summed E-state index contributed by atoms with van der Waals surface area (Å²) in [4.78, 5) is 0. The molecular formula is C68H58BN2S2. The van der Waals surface area contributed by atoms with Crippen molar-refractivity contribution >= 4 is 125 Å². The molecule has 1 N–H and O–H groups in total. The van der Waals surface area contributed by atoms with Gasteiger partial charge in [0.25, 0.3) is 0 Å². The van der Waals surface area contributed by atoms with E-state index in [1.807, 2.05) is 22.7 Å². The summed E-state index contributed by atoms with van der Waals surface area (Å²) in [6.07, 6.45) is 4.76. The maximum atomic E-state index is 4.29. The lowest BCUT2D eigenvalue weighted by atomic mass is 9.58. The van der Waals surface area contributed by atoms with E-state index >= 15 is 0 Å². The van der Waals surface area contributed by atoms with Crippen LogP contribution < -0.4 is 16.2 Å². The first-order valence-electron chi connectivity index (χ1n) is 26.5. The number of hydrogen-bond acceptors (Lipinski definition) is 3. The molecule has 2 aliphatic carbocycles. The van der Waals surface area contributed by atoms with Gasteiger partial charge in [0.05, 0.1) is 5.52 Å². The Balaban J connectivity index is 1.06. The highest BCUT2D eigenvalue weighted by Crippen LogP contribution is 2.54. The van der Waals surface area contributed by atoms with Gasteiger partial charge in [0, 0.05) is 79.3 Å². The summed E-state index contributed by atoms with van der Waals surface area (Å²) in [6.45, 7) is 19.7. The predicted molar refractivity (Wildman–Crippen MR) is 320 cm³/mol. The molecule has 0 fully saturated rings. The Kier molecular flexibility index (Phi) is 9.01. The maximum absolute atomic E-state index is 4.29. The summed E-state index contributed by atoms with van der Waals surface area (Å²) in [5, 5.41) is 14.8. The van der Waals surface area contributed by atoms with E-state index < -0.39 is 0 Å². The number of hydrogen-bond donors (Lipinski definition) is 1. The Labute approximate surface area is 436 Å². The Morgan fingerprint density at radius 2 is 1.04 bits per heavy atom. The third kappa shape index (κ3) is 6.34. The lowest BCUT2D eigenvalue weighted by Crippen LogP contribution is -2.37. The molecule has 12 aromatic rings. The monoisotopic (exact) mass is 977 g/mol. The molecule has 0 spiro atoms. The molecule has 15 rings (SSSR count). The van der Waals surface area contributed by atoms with E-state index in [4.69, 9.17) is 0 Å². The smallest absolute Gasteiger partial charge is 0.197 e. The van der Waals surface area contributed by atoms with Crippen LogP contribution in [-0.2, 0) is 21.7 Å². The van der Waals surface area contributed by atoms with Crippen LogP contribution in [0.4, 0.5) is 11.4 Å². The van der Waals surface area contributed by atoms with Crippen LogP contribution in [0.25, 0.3) is 101 Å². The third-order valence-corrected chi connectivity index (χ3v) is 20.3. The number of benzene rings is 9. The van der Waals surface area contributed by atoms with Gasteiger partial charge in [0.2, 0.25) is 0 Å². The molecule has 355 valence electrons. The Morgan fingerprint density at radius 3 is 1.71 bits per heavy atom. The number of aromatic nitrogens is 1. The molecule has 1 aliphatic heterocycles. The van der Waals surface area contributed by atoms with Crippen molar-refractivity contribution in [2.75, 3.05) is 5.32 Å². The zero-order chi connectivity index (χ0) is 49.5. The summed E-state index contributed by atoms with van der Waals surface area (Å²) < 4.78 is 7.98. The maximum Gasteiger partial charge on any atom is 0.197 e. The number of fused-ring (bicyclic) bond motifs is 14. The highest BCUT2D eigenvalue weighted by Gasteiger charge is 2.40.